The van der Waals surface area contributed by atoms with Crippen molar-refractivity contribution in [2.45, 2.75) is 30.9 Å². The molecule has 1 aromatic rings. The molecule has 1 aliphatic rings. The number of hydrogen-bond donors (Lipinski definition) is 0. The SMILES string of the molecule is O=C(CS(=O)C1CCCC1)c1cccc(F)c1. The molecule has 2 rings (SSSR count). The van der Waals surface area contributed by atoms with Crippen LogP contribution in [0.3, 0.4) is 0 Å². The van der Waals surface area contributed by atoms with Gasteiger partial charge in [0, 0.05) is 21.6 Å². The molecule has 0 N–H and O–H groups in total. The van der Waals surface area contributed by atoms with Gasteiger partial charge in [-0.15, -0.1) is 0 Å². The van der Waals surface area contributed by atoms with Crippen LogP contribution in [0, 0.1) is 5.82 Å². The summed E-state index contributed by atoms with van der Waals surface area (Å²) in [5, 5.41) is 0.160. The van der Waals surface area contributed by atoms with Gasteiger partial charge in [-0.25, -0.2) is 4.39 Å². The molecule has 2 nitrogen and oxygen atoms in total. The molecular weight excluding hydrogens is 239 g/mol. The number of Topliss-reactive ketones (excluding diaryl/α,β-unsaturated/α-hetero) is 1. The van der Waals surface area contributed by atoms with Gasteiger partial charge in [0.05, 0.1) is 5.75 Å². The summed E-state index contributed by atoms with van der Waals surface area (Å²) >= 11 is 0. The normalized spacial score (nSPS) is 18.2. The van der Waals surface area contributed by atoms with Crippen molar-refractivity contribution in [2.75, 3.05) is 5.75 Å². The van der Waals surface area contributed by atoms with Gasteiger partial charge >= 0.3 is 0 Å². The Morgan fingerprint density at radius 1 is 1.35 bits per heavy atom. The number of hydrogen-bond acceptors (Lipinski definition) is 2. The van der Waals surface area contributed by atoms with Crippen LogP contribution < -0.4 is 0 Å². The van der Waals surface area contributed by atoms with Crippen LogP contribution in [0.2, 0.25) is 0 Å². The van der Waals surface area contributed by atoms with E-state index in [4.69, 9.17) is 0 Å². The van der Waals surface area contributed by atoms with E-state index in [1.54, 1.807) is 6.07 Å². The van der Waals surface area contributed by atoms with Crippen LogP contribution in [0.15, 0.2) is 24.3 Å². The lowest BCUT2D eigenvalue weighted by molar-refractivity contribution is 0.102. The Morgan fingerprint density at radius 3 is 2.71 bits per heavy atom. The number of carbonyl (C=O) groups excluding carboxylic acids is 1. The van der Waals surface area contributed by atoms with Gasteiger partial charge < -0.3 is 0 Å². The van der Waals surface area contributed by atoms with Gasteiger partial charge in [0.1, 0.15) is 5.82 Å². The average Bonchev–Trinajstić information content (AvgIpc) is 2.82. The van der Waals surface area contributed by atoms with Crippen molar-refractivity contribution in [1.82, 2.24) is 0 Å². The highest BCUT2D eigenvalue weighted by molar-refractivity contribution is 7.86. The number of carbonyl (C=O) groups is 1. The Balaban J connectivity index is 1.99. The summed E-state index contributed by atoms with van der Waals surface area (Å²) in [6.07, 6.45) is 4.10. The summed E-state index contributed by atoms with van der Waals surface area (Å²) in [7, 11) is -1.10. The Morgan fingerprint density at radius 2 is 2.06 bits per heavy atom. The lowest BCUT2D eigenvalue weighted by Gasteiger charge is -2.08. The van der Waals surface area contributed by atoms with Crippen molar-refractivity contribution in [1.29, 1.82) is 0 Å². The van der Waals surface area contributed by atoms with Crippen molar-refractivity contribution in [3.8, 4) is 0 Å². The van der Waals surface area contributed by atoms with Crippen LogP contribution in [-0.2, 0) is 10.8 Å². The molecule has 1 atom stereocenters. The summed E-state index contributed by atoms with van der Waals surface area (Å²) in [6, 6.07) is 5.57. The molecular formula is C13H15FO2S. The van der Waals surface area contributed by atoms with E-state index in [9.17, 15) is 13.4 Å². The molecule has 1 unspecified atom stereocenters. The first-order valence-corrected chi connectivity index (χ1v) is 7.21. The minimum absolute atomic E-state index is 0.0219. The quantitative estimate of drug-likeness (QED) is 0.774. The summed E-state index contributed by atoms with van der Waals surface area (Å²) in [5.74, 6) is -0.633. The van der Waals surface area contributed by atoms with Crippen molar-refractivity contribution >= 4 is 16.6 Å². The fourth-order valence-electron chi connectivity index (χ4n) is 2.14. The zero-order valence-corrected chi connectivity index (χ0v) is 10.3. The first-order valence-electron chi connectivity index (χ1n) is 5.83. The third-order valence-electron chi connectivity index (χ3n) is 3.09. The molecule has 1 aromatic carbocycles. The Kier molecular flexibility index (Phi) is 4.05. The Labute approximate surface area is 103 Å². The molecule has 0 radical (unpaired) electrons. The van der Waals surface area contributed by atoms with Crippen LogP contribution >= 0.6 is 0 Å². The standard InChI is InChI=1S/C13H15FO2S/c14-11-5-3-4-10(8-11)13(15)9-17(16)12-6-1-2-7-12/h3-5,8,12H,1-2,6-7,9H2. The molecule has 0 saturated heterocycles. The monoisotopic (exact) mass is 254 g/mol. The second-order valence-corrected chi connectivity index (χ2v) is 6.08. The Bertz CT molecular complexity index is 439. The zero-order chi connectivity index (χ0) is 12.3. The van der Waals surface area contributed by atoms with E-state index in [0.29, 0.717) is 5.56 Å². The molecule has 0 spiro atoms. The van der Waals surface area contributed by atoms with E-state index < -0.39 is 16.6 Å². The number of ketones is 1. The smallest absolute Gasteiger partial charge is 0.175 e. The second-order valence-electron chi connectivity index (χ2n) is 4.37. The highest BCUT2D eigenvalue weighted by Gasteiger charge is 2.23. The van der Waals surface area contributed by atoms with E-state index in [0.717, 1.165) is 25.7 Å². The van der Waals surface area contributed by atoms with Crippen LogP contribution in [0.5, 0.6) is 0 Å². The Hall–Kier alpha value is -1.03. The van der Waals surface area contributed by atoms with E-state index in [1.165, 1.54) is 18.2 Å². The maximum atomic E-state index is 12.9. The second kappa shape index (κ2) is 5.54. The molecule has 1 aliphatic carbocycles. The molecule has 4 heteroatoms. The third-order valence-corrected chi connectivity index (χ3v) is 4.86. The number of benzene rings is 1. The highest BCUT2D eigenvalue weighted by Crippen LogP contribution is 2.23. The molecule has 0 aliphatic heterocycles. The van der Waals surface area contributed by atoms with Gasteiger partial charge in [-0.1, -0.05) is 25.0 Å². The molecule has 1 saturated carbocycles. The predicted octanol–water partition coefficient (Wildman–Crippen LogP) is 2.70. The first-order chi connectivity index (χ1) is 8.16. The van der Waals surface area contributed by atoms with Crippen molar-refractivity contribution in [3.63, 3.8) is 0 Å². The fraction of sp³-hybridized carbons (Fsp3) is 0.462. The predicted molar refractivity (Wildman–Crippen MR) is 66.0 cm³/mol. The minimum atomic E-state index is -1.10. The summed E-state index contributed by atoms with van der Waals surface area (Å²) < 4.78 is 24.8. The maximum absolute atomic E-state index is 12.9. The highest BCUT2D eigenvalue weighted by atomic mass is 32.2. The van der Waals surface area contributed by atoms with Gasteiger partial charge in [-0.3, -0.25) is 9.00 Å². The van der Waals surface area contributed by atoms with Gasteiger partial charge in [0.15, 0.2) is 5.78 Å². The molecule has 17 heavy (non-hydrogen) atoms. The molecule has 0 heterocycles. The lowest BCUT2D eigenvalue weighted by atomic mass is 10.1. The molecule has 92 valence electrons. The van der Waals surface area contributed by atoms with E-state index in [1.807, 2.05) is 0 Å². The summed E-state index contributed by atoms with van der Waals surface area (Å²) in [4.78, 5) is 11.8. The largest absolute Gasteiger partial charge is 0.293 e. The number of halogens is 1. The zero-order valence-electron chi connectivity index (χ0n) is 9.52. The maximum Gasteiger partial charge on any atom is 0.175 e. The van der Waals surface area contributed by atoms with Gasteiger partial charge in [-0.2, -0.15) is 0 Å². The van der Waals surface area contributed by atoms with Gasteiger partial charge in [0.25, 0.3) is 0 Å². The first kappa shape index (κ1) is 12.4. The van der Waals surface area contributed by atoms with Crippen LogP contribution in [0.4, 0.5) is 4.39 Å². The lowest BCUT2D eigenvalue weighted by Crippen LogP contribution is -2.19. The fourth-order valence-corrected chi connectivity index (χ4v) is 3.66. The molecule has 1 fully saturated rings. The van der Waals surface area contributed by atoms with Crippen LogP contribution in [0.1, 0.15) is 36.0 Å². The van der Waals surface area contributed by atoms with Crippen LogP contribution in [-0.4, -0.2) is 21.0 Å². The average molecular weight is 254 g/mol. The molecule has 0 aromatic heterocycles. The van der Waals surface area contributed by atoms with E-state index in [2.05, 4.69) is 0 Å². The summed E-state index contributed by atoms with van der Waals surface area (Å²) in [6.45, 7) is 0. The van der Waals surface area contributed by atoms with Gasteiger partial charge in [0.2, 0.25) is 0 Å². The summed E-state index contributed by atoms with van der Waals surface area (Å²) in [5.41, 5.74) is 0.316. The number of rotatable bonds is 4. The van der Waals surface area contributed by atoms with Crippen molar-refractivity contribution in [3.05, 3.63) is 35.6 Å². The van der Waals surface area contributed by atoms with Gasteiger partial charge in [-0.05, 0) is 25.0 Å². The van der Waals surface area contributed by atoms with Crippen molar-refractivity contribution in [2.24, 2.45) is 0 Å². The molecule has 0 bridgehead atoms. The third kappa shape index (κ3) is 3.22. The van der Waals surface area contributed by atoms with Crippen LogP contribution in [0.25, 0.3) is 0 Å². The van der Waals surface area contributed by atoms with E-state index >= 15 is 0 Å². The minimum Gasteiger partial charge on any atom is -0.293 e. The van der Waals surface area contributed by atoms with E-state index in [-0.39, 0.29) is 16.8 Å². The topological polar surface area (TPSA) is 34.1 Å². The molecule has 0 amide bonds. The van der Waals surface area contributed by atoms with Crippen molar-refractivity contribution < 1.29 is 13.4 Å².